The second kappa shape index (κ2) is 7.59. The molecule has 0 radical (unpaired) electrons. The number of aliphatic hydroxyl groups is 1. The molecule has 1 aromatic carbocycles. The van der Waals surface area contributed by atoms with E-state index in [9.17, 15) is 13.6 Å². The van der Waals surface area contributed by atoms with Gasteiger partial charge >= 0.3 is 0 Å². The van der Waals surface area contributed by atoms with E-state index in [4.69, 9.17) is 9.84 Å². The van der Waals surface area contributed by atoms with Crippen LogP contribution in [0.3, 0.4) is 0 Å². The minimum absolute atomic E-state index is 0.00252. The standard InChI is InChI=1S/C15H19F2NO3/c16-11-1-2-13(14(17)9-11)15(20)10-18-5-3-12(4-6-18)21-8-7-19/h1-2,9,12,19H,3-8,10H2. The molecule has 21 heavy (non-hydrogen) atoms. The summed E-state index contributed by atoms with van der Waals surface area (Å²) in [6.07, 6.45) is 1.66. The van der Waals surface area contributed by atoms with Gasteiger partial charge in [0.05, 0.1) is 31.4 Å². The van der Waals surface area contributed by atoms with Gasteiger partial charge in [-0.05, 0) is 25.0 Å². The number of ether oxygens (including phenoxy) is 1. The van der Waals surface area contributed by atoms with Crippen molar-refractivity contribution in [2.24, 2.45) is 0 Å². The summed E-state index contributed by atoms with van der Waals surface area (Å²) in [6, 6.07) is 3.00. The van der Waals surface area contributed by atoms with Gasteiger partial charge in [0.2, 0.25) is 0 Å². The number of Topliss-reactive ketones (excluding diaryl/α,β-unsaturated/α-hetero) is 1. The zero-order chi connectivity index (χ0) is 15.2. The van der Waals surface area contributed by atoms with Crippen LogP contribution in [0.1, 0.15) is 23.2 Å². The van der Waals surface area contributed by atoms with E-state index in [1.807, 2.05) is 4.90 Å². The summed E-state index contributed by atoms with van der Waals surface area (Å²) >= 11 is 0. The maximum absolute atomic E-state index is 13.5. The number of halogens is 2. The molecule has 0 unspecified atom stereocenters. The zero-order valence-electron chi connectivity index (χ0n) is 11.7. The third-order valence-corrected chi connectivity index (χ3v) is 3.58. The van der Waals surface area contributed by atoms with E-state index in [1.165, 1.54) is 6.07 Å². The molecule has 2 rings (SSSR count). The van der Waals surface area contributed by atoms with E-state index >= 15 is 0 Å². The van der Waals surface area contributed by atoms with Crippen molar-refractivity contribution in [3.05, 3.63) is 35.4 Å². The summed E-state index contributed by atoms with van der Waals surface area (Å²) in [4.78, 5) is 14.0. The Morgan fingerprint density at radius 2 is 2.05 bits per heavy atom. The molecule has 0 spiro atoms. The number of aliphatic hydroxyl groups excluding tert-OH is 1. The molecule has 0 bridgehead atoms. The van der Waals surface area contributed by atoms with E-state index in [1.54, 1.807) is 0 Å². The molecule has 0 saturated carbocycles. The molecular formula is C15H19F2NO3. The number of nitrogens with zero attached hydrogens (tertiary/aromatic N) is 1. The molecule has 1 saturated heterocycles. The normalized spacial score (nSPS) is 17.1. The highest BCUT2D eigenvalue weighted by Crippen LogP contribution is 2.16. The van der Waals surface area contributed by atoms with Gasteiger partial charge < -0.3 is 9.84 Å². The van der Waals surface area contributed by atoms with Gasteiger partial charge in [0.25, 0.3) is 0 Å². The van der Waals surface area contributed by atoms with Crippen molar-refractivity contribution in [3.8, 4) is 0 Å². The number of carbonyl (C=O) groups is 1. The monoisotopic (exact) mass is 299 g/mol. The Balaban J connectivity index is 1.84. The number of rotatable bonds is 6. The molecule has 4 nitrogen and oxygen atoms in total. The molecule has 1 N–H and O–H groups in total. The lowest BCUT2D eigenvalue weighted by atomic mass is 10.1. The van der Waals surface area contributed by atoms with Crippen LogP contribution in [0.2, 0.25) is 0 Å². The molecule has 1 aromatic rings. The van der Waals surface area contributed by atoms with Crippen molar-refractivity contribution in [1.82, 2.24) is 4.90 Å². The topological polar surface area (TPSA) is 49.8 Å². The van der Waals surface area contributed by atoms with Gasteiger partial charge in [-0.15, -0.1) is 0 Å². The van der Waals surface area contributed by atoms with Gasteiger partial charge in [0, 0.05) is 19.2 Å². The average molecular weight is 299 g/mol. The largest absolute Gasteiger partial charge is 0.394 e. The molecule has 0 aromatic heterocycles. The van der Waals surface area contributed by atoms with Crippen LogP contribution in [0.4, 0.5) is 8.78 Å². The number of hydrogen-bond acceptors (Lipinski definition) is 4. The van der Waals surface area contributed by atoms with Crippen molar-refractivity contribution in [1.29, 1.82) is 0 Å². The highest BCUT2D eigenvalue weighted by molar-refractivity contribution is 5.97. The lowest BCUT2D eigenvalue weighted by molar-refractivity contribution is -0.00691. The van der Waals surface area contributed by atoms with E-state index < -0.39 is 11.6 Å². The molecule has 6 heteroatoms. The summed E-state index contributed by atoms with van der Waals surface area (Å²) < 4.78 is 31.8. The highest BCUT2D eigenvalue weighted by Gasteiger charge is 2.22. The Morgan fingerprint density at radius 1 is 1.33 bits per heavy atom. The highest BCUT2D eigenvalue weighted by atomic mass is 19.1. The van der Waals surface area contributed by atoms with Crippen molar-refractivity contribution in [3.63, 3.8) is 0 Å². The third kappa shape index (κ3) is 4.56. The number of piperidine rings is 1. The molecule has 1 aliphatic rings. The van der Waals surface area contributed by atoms with Crippen LogP contribution in [0.25, 0.3) is 0 Å². The fourth-order valence-corrected chi connectivity index (χ4v) is 2.46. The minimum atomic E-state index is -0.818. The first-order valence-electron chi connectivity index (χ1n) is 7.03. The SMILES string of the molecule is O=C(CN1CCC(OCCO)CC1)c1ccc(F)cc1F. The second-order valence-electron chi connectivity index (χ2n) is 5.12. The second-order valence-corrected chi connectivity index (χ2v) is 5.12. The Hall–Kier alpha value is -1.37. The van der Waals surface area contributed by atoms with Gasteiger partial charge in [-0.25, -0.2) is 8.78 Å². The van der Waals surface area contributed by atoms with Gasteiger partial charge in [0.15, 0.2) is 5.78 Å². The third-order valence-electron chi connectivity index (χ3n) is 3.58. The molecular weight excluding hydrogens is 280 g/mol. The first-order chi connectivity index (χ1) is 10.1. The maximum Gasteiger partial charge on any atom is 0.179 e. The van der Waals surface area contributed by atoms with Crippen LogP contribution < -0.4 is 0 Å². The lowest BCUT2D eigenvalue weighted by Crippen LogP contribution is -2.40. The van der Waals surface area contributed by atoms with Crippen molar-refractivity contribution >= 4 is 5.78 Å². The van der Waals surface area contributed by atoms with Gasteiger partial charge in [-0.1, -0.05) is 0 Å². The van der Waals surface area contributed by atoms with Crippen molar-refractivity contribution in [2.75, 3.05) is 32.8 Å². The summed E-state index contributed by atoms with van der Waals surface area (Å²) in [5, 5.41) is 8.70. The van der Waals surface area contributed by atoms with E-state index in [2.05, 4.69) is 0 Å². The number of carbonyl (C=O) groups excluding carboxylic acids is 1. The fraction of sp³-hybridized carbons (Fsp3) is 0.533. The number of benzene rings is 1. The van der Waals surface area contributed by atoms with Gasteiger partial charge in [-0.2, -0.15) is 0 Å². The molecule has 1 aliphatic heterocycles. The Bertz CT molecular complexity index is 488. The number of hydrogen-bond donors (Lipinski definition) is 1. The summed E-state index contributed by atoms with van der Waals surface area (Å²) in [5.41, 5.74) is -0.0740. The van der Waals surface area contributed by atoms with Crippen LogP contribution in [-0.4, -0.2) is 54.7 Å². The summed E-state index contributed by atoms with van der Waals surface area (Å²) in [5.74, 6) is -1.85. The Labute approximate surface area is 122 Å². The van der Waals surface area contributed by atoms with Crippen LogP contribution in [0.5, 0.6) is 0 Å². The van der Waals surface area contributed by atoms with Crippen LogP contribution >= 0.6 is 0 Å². The van der Waals surface area contributed by atoms with Crippen molar-refractivity contribution < 1.29 is 23.4 Å². The molecule has 0 atom stereocenters. The quantitative estimate of drug-likeness (QED) is 0.811. The Kier molecular flexibility index (Phi) is 5.78. The van der Waals surface area contributed by atoms with Crippen LogP contribution in [0, 0.1) is 11.6 Å². The van der Waals surface area contributed by atoms with Crippen LogP contribution in [-0.2, 0) is 4.74 Å². The summed E-state index contributed by atoms with van der Waals surface area (Å²) in [7, 11) is 0. The molecule has 1 heterocycles. The lowest BCUT2D eigenvalue weighted by Gasteiger charge is -2.31. The molecule has 0 aliphatic carbocycles. The average Bonchev–Trinajstić information content (AvgIpc) is 2.46. The van der Waals surface area contributed by atoms with E-state index in [0.717, 1.165) is 25.0 Å². The van der Waals surface area contributed by atoms with E-state index in [-0.39, 0.29) is 30.6 Å². The zero-order valence-corrected chi connectivity index (χ0v) is 11.7. The predicted octanol–water partition coefficient (Wildman–Crippen LogP) is 1.62. The molecule has 1 fully saturated rings. The summed E-state index contributed by atoms with van der Waals surface area (Å²) in [6.45, 7) is 1.82. The first-order valence-corrected chi connectivity index (χ1v) is 7.03. The number of ketones is 1. The maximum atomic E-state index is 13.5. The Morgan fingerprint density at radius 3 is 2.67 bits per heavy atom. The van der Waals surface area contributed by atoms with Crippen molar-refractivity contribution in [2.45, 2.75) is 18.9 Å². The first kappa shape index (κ1) is 16.0. The smallest absolute Gasteiger partial charge is 0.179 e. The predicted molar refractivity (Wildman–Crippen MR) is 73.2 cm³/mol. The van der Waals surface area contributed by atoms with Gasteiger partial charge in [0.1, 0.15) is 11.6 Å². The fourth-order valence-electron chi connectivity index (χ4n) is 2.46. The minimum Gasteiger partial charge on any atom is -0.394 e. The van der Waals surface area contributed by atoms with E-state index in [0.29, 0.717) is 19.7 Å². The van der Waals surface area contributed by atoms with Gasteiger partial charge in [-0.3, -0.25) is 9.69 Å². The number of likely N-dealkylation sites (tertiary alicyclic amines) is 1. The molecule has 0 amide bonds. The molecule has 116 valence electrons. The van der Waals surface area contributed by atoms with Crippen LogP contribution in [0.15, 0.2) is 18.2 Å².